The number of Topliss-reactive ketones (excluding diaryl/α,β-unsaturated/α-hetero) is 1. The SMILES string of the molecule is CCCCCC(C)C(=O)NCCCCC(CC(C)=O)NC(=O)C(CCCCC)NC(=O)C(C)CCCCNC. The first-order valence-corrected chi connectivity index (χ1v) is 15.7. The molecule has 0 radical (unpaired) electrons. The van der Waals surface area contributed by atoms with Gasteiger partial charge >= 0.3 is 0 Å². The summed E-state index contributed by atoms with van der Waals surface area (Å²) in [7, 11) is 1.92. The van der Waals surface area contributed by atoms with Crippen LogP contribution in [0.5, 0.6) is 0 Å². The number of hydrogen-bond donors (Lipinski definition) is 4. The third kappa shape index (κ3) is 19.7. The first-order valence-electron chi connectivity index (χ1n) is 15.7. The Kier molecular flexibility index (Phi) is 22.7. The molecule has 0 rings (SSSR count). The normalized spacial score (nSPS) is 14.2. The summed E-state index contributed by atoms with van der Waals surface area (Å²) in [6.45, 7) is 11.2. The highest BCUT2D eigenvalue weighted by Gasteiger charge is 2.25. The molecule has 0 bridgehead atoms. The van der Waals surface area contributed by atoms with Crippen molar-refractivity contribution in [3.63, 3.8) is 0 Å². The molecule has 0 aliphatic carbocycles. The van der Waals surface area contributed by atoms with E-state index in [9.17, 15) is 19.2 Å². The van der Waals surface area contributed by atoms with Crippen LogP contribution in [0.15, 0.2) is 0 Å². The molecule has 0 spiro atoms. The van der Waals surface area contributed by atoms with Gasteiger partial charge in [-0.25, -0.2) is 0 Å². The van der Waals surface area contributed by atoms with Crippen molar-refractivity contribution < 1.29 is 19.2 Å². The van der Waals surface area contributed by atoms with Gasteiger partial charge in [-0.05, 0) is 65.5 Å². The van der Waals surface area contributed by atoms with Gasteiger partial charge in [0.05, 0.1) is 0 Å². The Balaban J connectivity index is 4.84. The van der Waals surface area contributed by atoms with Crippen molar-refractivity contribution in [1.82, 2.24) is 21.3 Å². The van der Waals surface area contributed by atoms with Crippen LogP contribution in [0.2, 0.25) is 0 Å². The Labute approximate surface area is 239 Å². The van der Waals surface area contributed by atoms with Crippen molar-refractivity contribution >= 4 is 23.5 Å². The quantitative estimate of drug-likeness (QED) is 0.118. The topological polar surface area (TPSA) is 116 Å². The van der Waals surface area contributed by atoms with E-state index >= 15 is 0 Å². The highest BCUT2D eigenvalue weighted by Crippen LogP contribution is 2.13. The van der Waals surface area contributed by atoms with Crippen molar-refractivity contribution in [2.45, 2.75) is 143 Å². The van der Waals surface area contributed by atoms with E-state index in [-0.39, 0.29) is 47.8 Å². The number of unbranched alkanes of at least 4 members (excludes halogenated alkanes) is 6. The summed E-state index contributed by atoms with van der Waals surface area (Å²) in [6.07, 6.45) is 13.0. The Morgan fingerprint density at radius 2 is 1.15 bits per heavy atom. The van der Waals surface area contributed by atoms with Crippen LogP contribution in [-0.4, -0.2) is 55.7 Å². The first kappa shape index (κ1) is 37.0. The molecule has 0 heterocycles. The maximum atomic E-state index is 13.2. The van der Waals surface area contributed by atoms with E-state index in [0.29, 0.717) is 19.4 Å². The van der Waals surface area contributed by atoms with E-state index in [4.69, 9.17) is 0 Å². The van der Waals surface area contributed by atoms with Gasteiger partial charge in [-0.2, -0.15) is 0 Å². The number of carbonyl (C=O) groups is 4. The standard InChI is InChI=1S/C31H60N4O4/c1-7-9-11-17-24(3)29(37)33-22-16-14-19-27(23-26(5)36)34-31(39)28(20-12-10-8-2)35-30(38)25(4)18-13-15-21-32-6/h24-25,27-28,32H,7-23H2,1-6H3,(H,33,37)(H,34,39)(H,35,38). The molecule has 8 heteroatoms. The molecule has 4 N–H and O–H groups in total. The lowest BCUT2D eigenvalue weighted by molar-refractivity contribution is -0.131. The third-order valence-corrected chi connectivity index (χ3v) is 7.34. The van der Waals surface area contributed by atoms with Crippen LogP contribution >= 0.6 is 0 Å². The van der Waals surface area contributed by atoms with Crippen LogP contribution in [0, 0.1) is 11.8 Å². The molecule has 0 aromatic carbocycles. The van der Waals surface area contributed by atoms with Gasteiger partial charge in [0, 0.05) is 30.8 Å². The van der Waals surface area contributed by atoms with Gasteiger partial charge in [0.25, 0.3) is 0 Å². The zero-order chi connectivity index (χ0) is 29.5. The van der Waals surface area contributed by atoms with Gasteiger partial charge in [0.15, 0.2) is 0 Å². The second-order valence-electron chi connectivity index (χ2n) is 11.4. The predicted molar refractivity (Wildman–Crippen MR) is 160 cm³/mol. The largest absolute Gasteiger partial charge is 0.356 e. The molecule has 0 saturated heterocycles. The zero-order valence-electron chi connectivity index (χ0n) is 26.0. The van der Waals surface area contributed by atoms with Gasteiger partial charge in [-0.3, -0.25) is 19.2 Å². The average Bonchev–Trinajstić information content (AvgIpc) is 2.89. The third-order valence-electron chi connectivity index (χ3n) is 7.34. The van der Waals surface area contributed by atoms with E-state index in [0.717, 1.165) is 83.6 Å². The number of rotatable bonds is 25. The van der Waals surface area contributed by atoms with Crippen LogP contribution in [-0.2, 0) is 19.2 Å². The minimum absolute atomic E-state index is 0.0243. The Morgan fingerprint density at radius 3 is 1.74 bits per heavy atom. The Morgan fingerprint density at radius 1 is 0.615 bits per heavy atom. The summed E-state index contributed by atoms with van der Waals surface area (Å²) in [4.78, 5) is 50.3. The first-order chi connectivity index (χ1) is 18.7. The average molecular weight is 553 g/mol. The molecule has 228 valence electrons. The summed E-state index contributed by atoms with van der Waals surface area (Å²) >= 11 is 0. The Bertz CT molecular complexity index is 686. The number of carbonyl (C=O) groups excluding carboxylic acids is 4. The fourth-order valence-corrected chi connectivity index (χ4v) is 4.67. The smallest absolute Gasteiger partial charge is 0.242 e. The zero-order valence-corrected chi connectivity index (χ0v) is 26.0. The van der Waals surface area contributed by atoms with Crippen molar-refractivity contribution in [3.8, 4) is 0 Å². The van der Waals surface area contributed by atoms with Crippen LogP contribution in [0.4, 0.5) is 0 Å². The summed E-state index contributed by atoms with van der Waals surface area (Å²) < 4.78 is 0. The van der Waals surface area contributed by atoms with Crippen molar-refractivity contribution in [3.05, 3.63) is 0 Å². The molecular formula is C31H60N4O4. The molecule has 39 heavy (non-hydrogen) atoms. The maximum Gasteiger partial charge on any atom is 0.242 e. The molecule has 0 fully saturated rings. The molecule has 4 unspecified atom stereocenters. The van der Waals surface area contributed by atoms with E-state index in [1.807, 2.05) is 20.9 Å². The lowest BCUT2D eigenvalue weighted by atomic mass is 10.00. The van der Waals surface area contributed by atoms with Crippen LogP contribution in [0.3, 0.4) is 0 Å². The fraction of sp³-hybridized carbons (Fsp3) is 0.871. The van der Waals surface area contributed by atoms with Gasteiger partial charge in [0.2, 0.25) is 17.7 Å². The molecule has 0 saturated carbocycles. The molecule has 3 amide bonds. The van der Waals surface area contributed by atoms with Gasteiger partial charge in [-0.15, -0.1) is 0 Å². The summed E-state index contributed by atoms with van der Waals surface area (Å²) in [6, 6.07) is -0.866. The van der Waals surface area contributed by atoms with E-state index in [1.165, 1.54) is 6.92 Å². The number of hydrogen-bond acceptors (Lipinski definition) is 5. The Hall–Kier alpha value is -1.96. The summed E-state index contributed by atoms with van der Waals surface area (Å²) in [5.41, 5.74) is 0. The number of amides is 3. The molecule has 0 aliphatic rings. The second-order valence-corrected chi connectivity index (χ2v) is 11.4. The van der Waals surface area contributed by atoms with Gasteiger partial charge in [-0.1, -0.05) is 72.6 Å². The maximum absolute atomic E-state index is 13.2. The van der Waals surface area contributed by atoms with E-state index in [2.05, 4.69) is 35.1 Å². The van der Waals surface area contributed by atoms with Gasteiger partial charge in [0.1, 0.15) is 11.8 Å². The van der Waals surface area contributed by atoms with Crippen molar-refractivity contribution in [2.24, 2.45) is 11.8 Å². The lowest BCUT2D eigenvalue weighted by Gasteiger charge is -2.24. The molecule has 4 atom stereocenters. The van der Waals surface area contributed by atoms with Crippen LogP contribution < -0.4 is 21.3 Å². The minimum Gasteiger partial charge on any atom is -0.356 e. The minimum atomic E-state index is -0.591. The second kappa shape index (κ2) is 23.9. The molecule has 8 nitrogen and oxygen atoms in total. The van der Waals surface area contributed by atoms with Crippen molar-refractivity contribution in [1.29, 1.82) is 0 Å². The number of ketones is 1. The molecule has 0 aromatic rings. The highest BCUT2D eigenvalue weighted by atomic mass is 16.2. The highest BCUT2D eigenvalue weighted by molar-refractivity contribution is 5.89. The van der Waals surface area contributed by atoms with Crippen LogP contribution in [0.1, 0.15) is 131 Å². The molecule has 0 aromatic heterocycles. The van der Waals surface area contributed by atoms with Crippen LogP contribution in [0.25, 0.3) is 0 Å². The van der Waals surface area contributed by atoms with Crippen molar-refractivity contribution in [2.75, 3.05) is 20.1 Å². The van der Waals surface area contributed by atoms with Gasteiger partial charge < -0.3 is 21.3 Å². The number of nitrogens with one attached hydrogen (secondary N) is 4. The summed E-state index contributed by atoms with van der Waals surface area (Å²) in [5, 5.41) is 12.2. The van der Waals surface area contributed by atoms with E-state index < -0.39 is 6.04 Å². The summed E-state index contributed by atoms with van der Waals surface area (Å²) in [5.74, 6) is -0.294. The molecule has 0 aliphatic heterocycles. The lowest BCUT2D eigenvalue weighted by Crippen LogP contribution is -2.51. The monoisotopic (exact) mass is 552 g/mol. The molecular weight excluding hydrogens is 492 g/mol. The predicted octanol–water partition coefficient (Wildman–Crippen LogP) is 5.04. The van der Waals surface area contributed by atoms with E-state index in [1.54, 1.807) is 0 Å². The fourth-order valence-electron chi connectivity index (χ4n) is 4.67.